The lowest BCUT2D eigenvalue weighted by molar-refractivity contribution is -0.138. The zero-order valence-corrected chi connectivity index (χ0v) is 17.3. The molecule has 3 aliphatic rings. The summed E-state index contributed by atoms with van der Waals surface area (Å²) in [6.07, 6.45) is 9.22. The number of hydrogen-bond acceptors (Lipinski definition) is 7. The molecule has 0 unspecified atom stereocenters. The molecule has 0 atom stereocenters. The number of amides is 3. The summed E-state index contributed by atoms with van der Waals surface area (Å²) in [7, 11) is 0. The van der Waals surface area contributed by atoms with Gasteiger partial charge in [-0.3, -0.25) is 29.3 Å². The summed E-state index contributed by atoms with van der Waals surface area (Å²) in [5, 5.41) is 2.68. The molecule has 1 N–H and O–H groups in total. The molecule has 32 heavy (non-hydrogen) atoms. The van der Waals surface area contributed by atoms with Gasteiger partial charge in [-0.1, -0.05) is 0 Å². The number of halogens is 1. The summed E-state index contributed by atoms with van der Waals surface area (Å²) in [5.74, 6) is -1.09. The molecule has 10 heteroatoms. The van der Waals surface area contributed by atoms with Crippen LogP contribution in [0.4, 0.5) is 10.2 Å². The van der Waals surface area contributed by atoms with E-state index in [1.165, 1.54) is 29.6 Å². The Bertz CT molecular complexity index is 1130. The quantitative estimate of drug-likeness (QED) is 0.713. The van der Waals surface area contributed by atoms with Crippen molar-refractivity contribution in [2.45, 2.75) is 38.1 Å². The Morgan fingerprint density at radius 1 is 1.09 bits per heavy atom. The summed E-state index contributed by atoms with van der Waals surface area (Å²) >= 11 is 0. The number of rotatable bonds is 5. The second-order valence-corrected chi connectivity index (χ2v) is 8.14. The van der Waals surface area contributed by atoms with Gasteiger partial charge in [0.2, 0.25) is 5.91 Å². The van der Waals surface area contributed by atoms with E-state index in [2.05, 4.69) is 20.3 Å². The minimum atomic E-state index is -0.479. The van der Waals surface area contributed by atoms with Crippen molar-refractivity contribution < 1.29 is 18.8 Å². The third-order valence-electron chi connectivity index (χ3n) is 5.77. The van der Waals surface area contributed by atoms with Crippen molar-refractivity contribution in [3.8, 4) is 11.3 Å². The zero-order valence-electron chi connectivity index (χ0n) is 17.3. The molecular formula is C22H21FN6O3. The zero-order chi connectivity index (χ0) is 22.2. The van der Waals surface area contributed by atoms with Crippen molar-refractivity contribution in [3.05, 3.63) is 47.9 Å². The molecule has 0 aromatic carbocycles. The van der Waals surface area contributed by atoms with Crippen molar-refractivity contribution in [1.29, 1.82) is 0 Å². The van der Waals surface area contributed by atoms with Crippen LogP contribution in [0.1, 0.15) is 32.1 Å². The van der Waals surface area contributed by atoms with Crippen LogP contribution in [0.25, 0.3) is 11.3 Å². The van der Waals surface area contributed by atoms with E-state index in [4.69, 9.17) is 0 Å². The van der Waals surface area contributed by atoms with Crippen LogP contribution in [0.5, 0.6) is 0 Å². The molecule has 0 bridgehead atoms. The van der Waals surface area contributed by atoms with Crippen LogP contribution < -0.4 is 5.32 Å². The van der Waals surface area contributed by atoms with Crippen molar-refractivity contribution >= 4 is 23.5 Å². The molecular weight excluding hydrogens is 415 g/mol. The lowest BCUT2D eigenvalue weighted by Gasteiger charge is -2.24. The Hall–Kier alpha value is -3.69. The van der Waals surface area contributed by atoms with Gasteiger partial charge < -0.3 is 10.2 Å². The van der Waals surface area contributed by atoms with Gasteiger partial charge in [-0.2, -0.15) is 0 Å². The van der Waals surface area contributed by atoms with Gasteiger partial charge in [0, 0.05) is 29.9 Å². The molecule has 1 saturated carbocycles. The molecule has 5 rings (SSSR count). The van der Waals surface area contributed by atoms with Gasteiger partial charge in [-0.05, 0) is 38.2 Å². The Morgan fingerprint density at radius 2 is 1.94 bits per heavy atom. The van der Waals surface area contributed by atoms with Crippen LogP contribution in [0.2, 0.25) is 0 Å². The van der Waals surface area contributed by atoms with Gasteiger partial charge in [0.25, 0.3) is 11.8 Å². The minimum Gasteiger partial charge on any atom is -0.357 e. The smallest absolute Gasteiger partial charge is 0.277 e. The lowest BCUT2D eigenvalue weighted by atomic mass is 10.1. The molecule has 2 aliphatic heterocycles. The van der Waals surface area contributed by atoms with E-state index in [1.807, 2.05) is 0 Å². The molecule has 9 nitrogen and oxygen atoms in total. The van der Waals surface area contributed by atoms with Crippen molar-refractivity contribution in [2.75, 3.05) is 18.4 Å². The topological polar surface area (TPSA) is 108 Å². The number of aromatic nitrogens is 3. The predicted octanol–water partition coefficient (Wildman–Crippen LogP) is 1.89. The monoisotopic (exact) mass is 436 g/mol. The van der Waals surface area contributed by atoms with Gasteiger partial charge in [-0.25, -0.2) is 9.37 Å². The number of nitrogens with one attached hydrogen (secondary N) is 1. The molecule has 4 heterocycles. The normalized spacial score (nSPS) is 18.7. The van der Waals surface area contributed by atoms with E-state index in [9.17, 15) is 18.8 Å². The van der Waals surface area contributed by atoms with E-state index < -0.39 is 5.82 Å². The standard InChI is InChI=1S/C22H21FN6O3/c23-14-7-13(8-24-9-14)17-10-26-18(11-25-17)27-19(30)12-28-6-2-1-3-16-20(28)22(32)29(21(16)31)15-4-5-15/h7-11,15H,1-6,12H2,(H,26,27,30). The number of nitrogens with zero attached hydrogens (tertiary/aromatic N) is 5. The second kappa shape index (κ2) is 8.10. The molecule has 0 radical (unpaired) electrons. The summed E-state index contributed by atoms with van der Waals surface area (Å²) in [6.45, 7) is 0.467. The highest BCUT2D eigenvalue weighted by molar-refractivity contribution is 6.19. The summed E-state index contributed by atoms with van der Waals surface area (Å²) in [5.41, 5.74) is 1.80. The minimum absolute atomic E-state index is 0.000295. The van der Waals surface area contributed by atoms with Crippen LogP contribution >= 0.6 is 0 Å². The molecule has 2 aromatic rings. The Balaban J connectivity index is 1.28. The van der Waals surface area contributed by atoms with Crippen LogP contribution in [0.3, 0.4) is 0 Å². The maximum absolute atomic E-state index is 13.3. The first-order valence-corrected chi connectivity index (χ1v) is 10.6. The van der Waals surface area contributed by atoms with Crippen molar-refractivity contribution in [3.63, 3.8) is 0 Å². The SMILES string of the molecule is O=C(CN1CCCCC2=C1C(=O)N(C1CC1)C2=O)Nc1cnc(-c2cncc(F)c2)cn1. The lowest BCUT2D eigenvalue weighted by Crippen LogP contribution is -2.39. The van der Waals surface area contributed by atoms with E-state index >= 15 is 0 Å². The molecule has 164 valence electrons. The number of carbonyl (C=O) groups is 3. The maximum Gasteiger partial charge on any atom is 0.277 e. The Labute approximate surface area is 183 Å². The third-order valence-corrected chi connectivity index (χ3v) is 5.77. The third kappa shape index (κ3) is 3.83. The fraction of sp³-hybridized carbons (Fsp3) is 0.364. The van der Waals surface area contributed by atoms with Gasteiger partial charge in [0.1, 0.15) is 11.5 Å². The molecule has 0 spiro atoms. The molecule has 2 aromatic heterocycles. The fourth-order valence-corrected chi connectivity index (χ4v) is 4.12. The van der Waals surface area contributed by atoms with E-state index in [0.717, 1.165) is 31.9 Å². The largest absolute Gasteiger partial charge is 0.357 e. The maximum atomic E-state index is 13.3. The fourth-order valence-electron chi connectivity index (χ4n) is 4.12. The highest BCUT2D eigenvalue weighted by atomic mass is 19.1. The molecule has 1 aliphatic carbocycles. The summed E-state index contributed by atoms with van der Waals surface area (Å²) in [4.78, 5) is 53.6. The Morgan fingerprint density at radius 3 is 2.66 bits per heavy atom. The first-order chi connectivity index (χ1) is 15.5. The Kier molecular flexibility index (Phi) is 5.12. The van der Waals surface area contributed by atoms with Crippen LogP contribution in [0.15, 0.2) is 42.1 Å². The number of carbonyl (C=O) groups excluding carboxylic acids is 3. The average molecular weight is 436 g/mol. The first kappa shape index (κ1) is 20.2. The van der Waals surface area contributed by atoms with Gasteiger partial charge in [-0.15, -0.1) is 0 Å². The summed E-state index contributed by atoms with van der Waals surface area (Å²) < 4.78 is 13.3. The van der Waals surface area contributed by atoms with Crippen molar-refractivity contribution in [1.82, 2.24) is 24.8 Å². The van der Waals surface area contributed by atoms with Crippen LogP contribution in [-0.2, 0) is 14.4 Å². The van der Waals surface area contributed by atoms with Crippen LogP contribution in [0, 0.1) is 5.82 Å². The van der Waals surface area contributed by atoms with E-state index in [0.29, 0.717) is 35.5 Å². The van der Waals surface area contributed by atoms with E-state index in [-0.39, 0.29) is 36.1 Å². The first-order valence-electron chi connectivity index (χ1n) is 10.6. The molecule has 3 amide bonds. The second-order valence-electron chi connectivity index (χ2n) is 8.14. The highest BCUT2D eigenvalue weighted by Crippen LogP contribution is 2.37. The molecule has 0 saturated heterocycles. The number of imide groups is 1. The van der Waals surface area contributed by atoms with Gasteiger partial charge >= 0.3 is 0 Å². The van der Waals surface area contributed by atoms with E-state index in [1.54, 1.807) is 4.90 Å². The number of pyridine rings is 1. The molecule has 1 fully saturated rings. The van der Waals surface area contributed by atoms with Gasteiger partial charge in [0.15, 0.2) is 5.82 Å². The number of anilines is 1. The van der Waals surface area contributed by atoms with Crippen molar-refractivity contribution in [2.24, 2.45) is 0 Å². The number of hydrogen-bond donors (Lipinski definition) is 1. The predicted molar refractivity (Wildman–Crippen MR) is 111 cm³/mol. The van der Waals surface area contributed by atoms with Crippen LogP contribution in [-0.4, -0.2) is 61.6 Å². The summed E-state index contributed by atoms with van der Waals surface area (Å²) in [6, 6.07) is 1.30. The highest BCUT2D eigenvalue weighted by Gasteiger charge is 2.47. The van der Waals surface area contributed by atoms with Gasteiger partial charge in [0.05, 0.1) is 30.8 Å². The average Bonchev–Trinajstić information content (AvgIpc) is 3.59.